The number of aliphatic hydroxyl groups is 1. The molecule has 0 spiro atoms. The van der Waals surface area contributed by atoms with Gasteiger partial charge in [0.05, 0.1) is 30.2 Å². The summed E-state index contributed by atoms with van der Waals surface area (Å²) in [6, 6.07) is 13.4. The topological polar surface area (TPSA) is 138 Å². The fraction of sp³-hybridized carbons (Fsp3) is 0.259. The van der Waals surface area contributed by atoms with Crippen LogP contribution < -0.4 is 10.6 Å². The number of aromatic nitrogens is 5. The van der Waals surface area contributed by atoms with Crippen molar-refractivity contribution in [3.8, 4) is 11.4 Å². The van der Waals surface area contributed by atoms with E-state index < -0.39 is 12.1 Å². The average molecular weight is 513 g/mol. The zero-order chi connectivity index (χ0) is 26.8. The minimum atomic E-state index is -0.757. The van der Waals surface area contributed by atoms with Gasteiger partial charge in [-0.1, -0.05) is 35.9 Å². The Labute approximate surface area is 219 Å². The highest BCUT2D eigenvalue weighted by Crippen LogP contribution is 2.27. The fourth-order valence-corrected chi connectivity index (χ4v) is 4.38. The van der Waals surface area contributed by atoms with Crippen molar-refractivity contribution in [2.75, 3.05) is 11.9 Å². The maximum atomic E-state index is 13.3. The molecule has 0 bridgehead atoms. The number of pyridine rings is 1. The lowest BCUT2D eigenvalue weighted by atomic mass is 10.0. The van der Waals surface area contributed by atoms with Crippen LogP contribution in [0.5, 0.6) is 0 Å². The van der Waals surface area contributed by atoms with Gasteiger partial charge in [0, 0.05) is 31.4 Å². The molecule has 4 aromatic rings. The number of fused-ring (bicyclic) bond motifs is 1. The van der Waals surface area contributed by atoms with E-state index in [1.807, 2.05) is 37.3 Å². The smallest absolute Gasteiger partial charge is 0.273 e. The molecule has 0 unspecified atom stereocenters. The van der Waals surface area contributed by atoms with Crippen molar-refractivity contribution in [3.05, 3.63) is 83.3 Å². The molecule has 4 heterocycles. The second-order valence-electron chi connectivity index (χ2n) is 9.20. The number of hydrogen-bond acceptors (Lipinski definition) is 8. The number of nitrogens with zero attached hydrogens (tertiary/aromatic N) is 6. The third kappa shape index (κ3) is 4.96. The van der Waals surface area contributed by atoms with E-state index >= 15 is 0 Å². The van der Waals surface area contributed by atoms with Crippen molar-refractivity contribution in [2.45, 2.75) is 32.5 Å². The predicted molar refractivity (Wildman–Crippen MR) is 140 cm³/mol. The molecule has 0 aliphatic carbocycles. The van der Waals surface area contributed by atoms with E-state index in [4.69, 9.17) is 0 Å². The molecule has 38 heavy (non-hydrogen) atoms. The number of anilines is 2. The number of nitrogens with one attached hydrogen (secondary N) is 2. The van der Waals surface area contributed by atoms with Crippen LogP contribution >= 0.6 is 0 Å². The minimum absolute atomic E-state index is 0.253. The molecular formula is C27H28N8O3. The van der Waals surface area contributed by atoms with Gasteiger partial charge in [0.25, 0.3) is 5.91 Å². The van der Waals surface area contributed by atoms with Gasteiger partial charge in [0.2, 0.25) is 11.9 Å². The van der Waals surface area contributed by atoms with Gasteiger partial charge in [0.15, 0.2) is 0 Å². The zero-order valence-corrected chi connectivity index (χ0v) is 21.3. The number of aryl methyl sites for hydroxylation is 2. The molecule has 1 aliphatic heterocycles. The van der Waals surface area contributed by atoms with Gasteiger partial charge in [-0.25, -0.2) is 15.0 Å². The van der Waals surface area contributed by atoms with E-state index in [0.29, 0.717) is 23.0 Å². The Morgan fingerprint density at radius 2 is 1.92 bits per heavy atom. The quantitative estimate of drug-likeness (QED) is 0.327. The van der Waals surface area contributed by atoms with Gasteiger partial charge in [-0.15, -0.1) is 0 Å². The summed E-state index contributed by atoms with van der Waals surface area (Å²) in [5, 5.41) is 20.0. The van der Waals surface area contributed by atoms with E-state index in [1.54, 1.807) is 49.2 Å². The zero-order valence-electron chi connectivity index (χ0n) is 21.3. The van der Waals surface area contributed by atoms with E-state index in [9.17, 15) is 14.7 Å². The standard InChI is InChI=1S/C27H28N8O3/c1-16-5-4-6-18(13-16)22(15-36)31-25(37)17(2)35-14-19-7-8-20(30-24(19)26(35)38)21-9-11-28-27(32-21)33-23-10-12-29-34(23)3/h4-13,17,22,36H,14-15H2,1-3H3,(H,31,37)(H,28,32,33)/t17-,22-/m1/s1. The molecule has 0 saturated carbocycles. The summed E-state index contributed by atoms with van der Waals surface area (Å²) in [5.74, 6) is 0.420. The predicted octanol–water partition coefficient (Wildman–Crippen LogP) is 2.52. The third-order valence-corrected chi connectivity index (χ3v) is 6.55. The summed E-state index contributed by atoms with van der Waals surface area (Å²) in [4.78, 5) is 41.2. The van der Waals surface area contributed by atoms with Gasteiger partial charge < -0.3 is 20.6 Å². The van der Waals surface area contributed by atoms with Crippen molar-refractivity contribution >= 4 is 23.6 Å². The van der Waals surface area contributed by atoms with Gasteiger partial charge in [-0.3, -0.25) is 14.3 Å². The third-order valence-electron chi connectivity index (χ3n) is 6.55. The fourth-order valence-electron chi connectivity index (χ4n) is 4.38. The van der Waals surface area contributed by atoms with Crippen molar-refractivity contribution in [2.24, 2.45) is 7.05 Å². The summed E-state index contributed by atoms with van der Waals surface area (Å²) < 4.78 is 1.66. The van der Waals surface area contributed by atoms with Crippen LogP contribution in [0.25, 0.3) is 11.4 Å². The Hall–Kier alpha value is -4.64. The van der Waals surface area contributed by atoms with Crippen molar-refractivity contribution in [1.29, 1.82) is 0 Å². The normalized spacial score (nSPS) is 14.2. The molecule has 194 valence electrons. The van der Waals surface area contributed by atoms with Gasteiger partial charge in [-0.2, -0.15) is 5.10 Å². The average Bonchev–Trinajstić information content (AvgIpc) is 3.48. The second kappa shape index (κ2) is 10.4. The molecule has 1 aliphatic rings. The van der Waals surface area contributed by atoms with Gasteiger partial charge in [-0.05, 0) is 31.5 Å². The molecule has 3 N–H and O–H groups in total. The summed E-state index contributed by atoms with van der Waals surface area (Å²) >= 11 is 0. The first-order chi connectivity index (χ1) is 18.3. The van der Waals surface area contributed by atoms with Crippen LogP contribution in [0, 0.1) is 6.92 Å². The number of hydrogen-bond donors (Lipinski definition) is 3. The first-order valence-corrected chi connectivity index (χ1v) is 12.2. The number of benzene rings is 1. The van der Waals surface area contributed by atoms with Crippen molar-refractivity contribution < 1.29 is 14.7 Å². The number of amides is 2. The summed E-state index contributed by atoms with van der Waals surface area (Å²) in [5.41, 5.74) is 3.92. The Morgan fingerprint density at radius 3 is 2.66 bits per heavy atom. The molecule has 0 saturated heterocycles. The summed E-state index contributed by atoms with van der Waals surface area (Å²) in [6.45, 7) is 3.63. The molecule has 11 nitrogen and oxygen atoms in total. The molecule has 1 aromatic carbocycles. The van der Waals surface area contributed by atoms with Crippen LogP contribution in [0.3, 0.4) is 0 Å². The minimum Gasteiger partial charge on any atom is -0.394 e. The molecule has 0 radical (unpaired) electrons. The molecule has 11 heteroatoms. The van der Waals surface area contributed by atoms with Gasteiger partial charge in [0.1, 0.15) is 17.6 Å². The maximum Gasteiger partial charge on any atom is 0.273 e. The number of rotatable bonds is 8. The highest BCUT2D eigenvalue weighted by atomic mass is 16.3. The maximum absolute atomic E-state index is 13.3. The monoisotopic (exact) mass is 512 g/mol. The number of carbonyl (C=O) groups is 2. The van der Waals surface area contributed by atoms with Crippen LogP contribution in [0.4, 0.5) is 11.8 Å². The van der Waals surface area contributed by atoms with E-state index in [1.165, 1.54) is 4.90 Å². The largest absolute Gasteiger partial charge is 0.394 e. The molecule has 2 atom stereocenters. The van der Waals surface area contributed by atoms with Crippen LogP contribution in [0.15, 0.2) is 60.9 Å². The Balaban J connectivity index is 1.31. The van der Waals surface area contributed by atoms with Gasteiger partial charge >= 0.3 is 0 Å². The molecule has 3 aromatic heterocycles. The van der Waals surface area contributed by atoms with Crippen LogP contribution in [-0.4, -0.2) is 59.2 Å². The molecule has 0 fully saturated rings. The summed E-state index contributed by atoms with van der Waals surface area (Å²) in [6.07, 6.45) is 3.28. The molecule has 5 rings (SSSR count). The lowest BCUT2D eigenvalue weighted by Crippen LogP contribution is -2.46. The summed E-state index contributed by atoms with van der Waals surface area (Å²) in [7, 11) is 1.80. The SMILES string of the molecule is Cc1cccc([C@@H](CO)NC(=O)[C@@H](C)N2Cc3ccc(-c4ccnc(Nc5ccnn5C)n4)nc3C2=O)c1. The lowest BCUT2D eigenvalue weighted by molar-refractivity contribution is -0.126. The van der Waals surface area contributed by atoms with E-state index in [0.717, 1.165) is 22.5 Å². The Morgan fingerprint density at radius 1 is 1.11 bits per heavy atom. The van der Waals surface area contributed by atoms with Crippen molar-refractivity contribution in [3.63, 3.8) is 0 Å². The molecule has 2 amide bonds. The Kier molecular flexibility index (Phi) is 6.84. The second-order valence-corrected chi connectivity index (χ2v) is 9.20. The Bertz CT molecular complexity index is 1500. The molecular weight excluding hydrogens is 484 g/mol. The number of carbonyl (C=O) groups excluding carboxylic acids is 2. The van der Waals surface area contributed by atoms with Crippen molar-refractivity contribution in [1.82, 2.24) is 34.9 Å². The first-order valence-electron chi connectivity index (χ1n) is 12.2. The van der Waals surface area contributed by atoms with E-state index in [-0.39, 0.29) is 25.0 Å². The van der Waals surface area contributed by atoms with E-state index in [2.05, 4.69) is 30.7 Å². The highest BCUT2D eigenvalue weighted by Gasteiger charge is 2.36. The highest BCUT2D eigenvalue weighted by molar-refractivity contribution is 6.00. The first kappa shape index (κ1) is 25.0. The van der Waals surface area contributed by atoms with Crippen LogP contribution in [0.2, 0.25) is 0 Å². The number of aliphatic hydroxyl groups excluding tert-OH is 1. The van der Waals surface area contributed by atoms with Crippen LogP contribution in [-0.2, 0) is 18.4 Å². The lowest BCUT2D eigenvalue weighted by Gasteiger charge is -2.26. The van der Waals surface area contributed by atoms with Crippen LogP contribution in [0.1, 0.15) is 40.1 Å².